The monoisotopic (exact) mass is 314 g/mol. The molecule has 3 rings (SSSR count). The van der Waals surface area contributed by atoms with Crippen LogP contribution in [0.2, 0.25) is 0 Å². The lowest BCUT2D eigenvalue weighted by Crippen LogP contribution is -1.94. The van der Waals surface area contributed by atoms with Gasteiger partial charge in [-0.25, -0.2) is 4.98 Å². The summed E-state index contributed by atoms with van der Waals surface area (Å²) in [5, 5.41) is 2.29. The number of pyridine rings is 1. The second-order valence-corrected chi connectivity index (χ2v) is 5.07. The molecule has 0 radical (unpaired) electrons. The van der Waals surface area contributed by atoms with Crippen molar-refractivity contribution in [3.63, 3.8) is 0 Å². The molecular formula is C15H11BrN2O. The number of rotatable bonds is 2. The molecule has 0 aliphatic carbocycles. The smallest absolute Gasteiger partial charge is 0.242 e. The van der Waals surface area contributed by atoms with Gasteiger partial charge in [-0.3, -0.25) is 0 Å². The van der Waals surface area contributed by atoms with Crippen LogP contribution in [0.4, 0.5) is 5.69 Å². The van der Waals surface area contributed by atoms with Gasteiger partial charge in [-0.2, -0.15) is 0 Å². The molecule has 3 aromatic rings. The Morgan fingerprint density at radius 1 is 1.00 bits per heavy atom. The summed E-state index contributed by atoms with van der Waals surface area (Å²) >= 11 is 3.32. The highest BCUT2D eigenvalue weighted by Gasteiger charge is 2.05. The maximum Gasteiger partial charge on any atom is 0.242 e. The largest absolute Gasteiger partial charge is 0.437 e. The van der Waals surface area contributed by atoms with Crippen LogP contribution in [0.15, 0.2) is 59.2 Å². The zero-order valence-corrected chi connectivity index (χ0v) is 11.6. The molecule has 0 bridgehead atoms. The van der Waals surface area contributed by atoms with Gasteiger partial charge >= 0.3 is 0 Å². The lowest BCUT2D eigenvalue weighted by molar-refractivity contribution is 0.466. The molecule has 4 heteroatoms. The van der Waals surface area contributed by atoms with Crippen molar-refractivity contribution < 1.29 is 4.74 Å². The molecule has 2 aromatic carbocycles. The van der Waals surface area contributed by atoms with Crippen LogP contribution in [0.1, 0.15) is 0 Å². The Morgan fingerprint density at radius 2 is 1.79 bits per heavy atom. The summed E-state index contributed by atoms with van der Waals surface area (Å²) in [6.07, 6.45) is 1.66. The van der Waals surface area contributed by atoms with E-state index in [9.17, 15) is 0 Å². The quantitative estimate of drug-likeness (QED) is 0.764. The van der Waals surface area contributed by atoms with E-state index in [0.717, 1.165) is 15.6 Å². The number of anilines is 1. The summed E-state index contributed by atoms with van der Waals surface area (Å²) < 4.78 is 6.54. The first-order valence-corrected chi connectivity index (χ1v) is 6.59. The van der Waals surface area contributed by atoms with Gasteiger partial charge in [-0.15, -0.1) is 0 Å². The molecule has 1 aromatic heterocycles. The van der Waals surface area contributed by atoms with E-state index in [1.807, 2.05) is 36.4 Å². The van der Waals surface area contributed by atoms with Crippen LogP contribution in [0.25, 0.3) is 10.8 Å². The van der Waals surface area contributed by atoms with Crippen molar-refractivity contribution in [1.82, 2.24) is 4.98 Å². The Balaban J connectivity index is 1.96. The number of hydrogen-bond donors (Lipinski definition) is 1. The number of benzene rings is 2. The second kappa shape index (κ2) is 4.90. The number of halogens is 1. The van der Waals surface area contributed by atoms with Crippen molar-refractivity contribution in [2.45, 2.75) is 0 Å². The van der Waals surface area contributed by atoms with Crippen molar-refractivity contribution in [2.75, 3.05) is 5.73 Å². The first-order chi connectivity index (χ1) is 9.22. The number of nitrogen functional groups attached to an aromatic ring is 1. The minimum atomic E-state index is 0.415. The molecule has 0 amide bonds. The molecule has 0 atom stereocenters. The predicted molar refractivity (Wildman–Crippen MR) is 80.4 cm³/mol. The van der Waals surface area contributed by atoms with Crippen LogP contribution in [0.5, 0.6) is 11.6 Å². The SMILES string of the molecule is Nc1cc(Br)cnc1Oc1ccc2ccccc2c1. The highest BCUT2D eigenvalue weighted by molar-refractivity contribution is 9.10. The minimum absolute atomic E-state index is 0.415. The number of fused-ring (bicyclic) bond motifs is 1. The highest BCUT2D eigenvalue weighted by atomic mass is 79.9. The van der Waals surface area contributed by atoms with Crippen molar-refractivity contribution >= 4 is 32.4 Å². The van der Waals surface area contributed by atoms with E-state index in [0.29, 0.717) is 11.6 Å². The topological polar surface area (TPSA) is 48.1 Å². The third-order valence-corrected chi connectivity index (χ3v) is 3.21. The number of aromatic nitrogens is 1. The van der Waals surface area contributed by atoms with Crippen molar-refractivity contribution in [3.05, 3.63) is 59.2 Å². The van der Waals surface area contributed by atoms with E-state index >= 15 is 0 Å². The van der Waals surface area contributed by atoms with Crippen molar-refractivity contribution in [1.29, 1.82) is 0 Å². The fourth-order valence-corrected chi connectivity index (χ4v) is 2.22. The van der Waals surface area contributed by atoms with E-state index in [2.05, 4.69) is 27.0 Å². The Kier molecular flexibility index (Phi) is 3.09. The lowest BCUT2D eigenvalue weighted by atomic mass is 10.1. The molecule has 1 heterocycles. The molecule has 0 fully saturated rings. The van der Waals surface area contributed by atoms with Crippen molar-refractivity contribution in [3.8, 4) is 11.6 Å². The first-order valence-electron chi connectivity index (χ1n) is 5.80. The van der Waals surface area contributed by atoms with Gasteiger partial charge in [0, 0.05) is 10.7 Å². The molecule has 3 nitrogen and oxygen atoms in total. The van der Waals surface area contributed by atoms with Crippen LogP contribution in [-0.4, -0.2) is 4.98 Å². The highest BCUT2D eigenvalue weighted by Crippen LogP contribution is 2.29. The van der Waals surface area contributed by atoms with Gasteiger partial charge in [0.2, 0.25) is 5.88 Å². The zero-order valence-electron chi connectivity index (χ0n) is 10.0. The first kappa shape index (κ1) is 12.0. The summed E-state index contributed by atoms with van der Waals surface area (Å²) in [5.74, 6) is 1.14. The summed E-state index contributed by atoms with van der Waals surface area (Å²) in [5.41, 5.74) is 6.37. The molecule has 0 unspecified atom stereocenters. The number of nitrogens with two attached hydrogens (primary N) is 1. The fraction of sp³-hybridized carbons (Fsp3) is 0. The van der Waals surface area contributed by atoms with Gasteiger partial charge in [0.15, 0.2) is 0 Å². The molecule has 94 valence electrons. The molecular weight excluding hydrogens is 304 g/mol. The van der Waals surface area contributed by atoms with E-state index in [1.165, 1.54) is 5.39 Å². The number of hydrogen-bond acceptors (Lipinski definition) is 3. The molecule has 0 aliphatic heterocycles. The van der Waals surface area contributed by atoms with Gasteiger partial charge in [-0.05, 0) is 44.9 Å². The summed E-state index contributed by atoms with van der Waals surface area (Å²) in [7, 11) is 0. The van der Waals surface area contributed by atoms with Gasteiger partial charge in [0.25, 0.3) is 0 Å². The molecule has 0 aliphatic rings. The van der Waals surface area contributed by atoms with Crippen LogP contribution in [0.3, 0.4) is 0 Å². The summed E-state index contributed by atoms with van der Waals surface area (Å²) in [6, 6.07) is 15.8. The lowest BCUT2D eigenvalue weighted by Gasteiger charge is -2.08. The van der Waals surface area contributed by atoms with E-state index in [1.54, 1.807) is 12.3 Å². The maximum absolute atomic E-state index is 5.86. The Morgan fingerprint density at radius 3 is 2.58 bits per heavy atom. The Bertz CT molecular complexity index is 743. The molecule has 2 N–H and O–H groups in total. The zero-order chi connectivity index (χ0) is 13.2. The average molecular weight is 315 g/mol. The molecule has 0 spiro atoms. The standard InChI is InChI=1S/C15H11BrN2O/c16-12-8-14(17)15(18-9-12)19-13-6-5-10-3-1-2-4-11(10)7-13/h1-9H,17H2. The number of ether oxygens (including phenoxy) is 1. The van der Waals surface area contributed by atoms with Crippen LogP contribution < -0.4 is 10.5 Å². The third kappa shape index (κ3) is 2.53. The summed E-state index contributed by atoms with van der Waals surface area (Å²) in [4.78, 5) is 4.16. The van der Waals surface area contributed by atoms with E-state index in [4.69, 9.17) is 10.5 Å². The second-order valence-electron chi connectivity index (χ2n) is 4.16. The summed E-state index contributed by atoms with van der Waals surface area (Å²) in [6.45, 7) is 0. The van der Waals surface area contributed by atoms with Crippen LogP contribution in [-0.2, 0) is 0 Å². The van der Waals surface area contributed by atoms with E-state index < -0.39 is 0 Å². The molecule has 19 heavy (non-hydrogen) atoms. The van der Waals surface area contributed by atoms with Crippen molar-refractivity contribution in [2.24, 2.45) is 0 Å². The maximum atomic E-state index is 5.86. The Labute approximate surface area is 119 Å². The third-order valence-electron chi connectivity index (χ3n) is 2.78. The minimum Gasteiger partial charge on any atom is -0.437 e. The molecule has 0 saturated carbocycles. The van der Waals surface area contributed by atoms with Crippen LogP contribution in [0, 0.1) is 0 Å². The van der Waals surface area contributed by atoms with Gasteiger partial charge in [0.05, 0.1) is 5.69 Å². The number of nitrogens with zero attached hydrogens (tertiary/aromatic N) is 1. The van der Waals surface area contributed by atoms with Gasteiger partial charge in [-0.1, -0.05) is 30.3 Å². The van der Waals surface area contributed by atoms with Gasteiger partial charge in [0.1, 0.15) is 5.75 Å². The van der Waals surface area contributed by atoms with Crippen LogP contribution >= 0.6 is 15.9 Å². The normalized spacial score (nSPS) is 10.6. The predicted octanol–water partition coefficient (Wildman–Crippen LogP) is 4.37. The Hall–Kier alpha value is -2.07. The molecule has 0 saturated heterocycles. The van der Waals surface area contributed by atoms with Gasteiger partial charge < -0.3 is 10.5 Å². The average Bonchev–Trinajstić information content (AvgIpc) is 2.42. The van der Waals surface area contributed by atoms with E-state index in [-0.39, 0.29) is 0 Å². The fourth-order valence-electron chi connectivity index (χ4n) is 1.87.